The molecule has 1 N–H and O–H groups in total. The Morgan fingerprint density at radius 1 is 1.48 bits per heavy atom. The molecule has 2 heterocycles. The maximum Gasteiger partial charge on any atom is 0.354 e. The van der Waals surface area contributed by atoms with Crippen molar-refractivity contribution in [2.45, 2.75) is 13.5 Å². The van der Waals surface area contributed by atoms with Crippen LogP contribution in [0.3, 0.4) is 0 Å². The summed E-state index contributed by atoms with van der Waals surface area (Å²) in [6, 6.07) is 5.70. The first-order valence-corrected chi connectivity index (χ1v) is 6.19. The van der Waals surface area contributed by atoms with E-state index in [0.717, 1.165) is 12.1 Å². The van der Waals surface area contributed by atoms with Crippen molar-refractivity contribution in [2.24, 2.45) is 0 Å². The van der Waals surface area contributed by atoms with E-state index in [-0.39, 0.29) is 23.7 Å². The highest BCUT2D eigenvalue weighted by Gasteiger charge is 2.23. The summed E-state index contributed by atoms with van der Waals surface area (Å²) in [7, 11) is 0. The van der Waals surface area contributed by atoms with Gasteiger partial charge in [0.05, 0.1) is 17.7 Å². The summed E-state index contributed by atoms with van der Waals surface area (Å²) in [6.07, 6.45) is 1.50. The highest BCUT2D eigenvalue weighted by atomic mass is 16.6. The molecule has 0 bridgehead atoms. The van der Waals surface area contributed by atoms with E-state index >= 15 is 0 Å². The standard InChI is InChI=1S/C13H13N3O5/c1-2-15(8-9-4-3-7-21-9)12-11(16(19)20)6-5-10(14-12)13(17)18/h3-7H,2,8H2,1H3,(H,17,18). The van der Waals surface area contributed by atoms with Gasteiger partial charge < -0.3 is 14.4 Å². The van der Waals surface area contributed by atoms with Gasteiger partial charge in [-0.15, -0.1) is 0 Å². The summed E-state index contributed by atoms with van der Waals surface area (Å²) >= 11 is 0. The molecule has 0 spiro atoms. The number of furan rings is 1. The molecule has 8 nitrogen and oxygen atoms in total. The highest BCUT2D eigenvalue weighted by molar-refractivity contribution is 5.86. The molecular weight excluding hydrogens is 278 g/mol. The summed E-state index contributed by atoms with van der Waals surface area (Å²) in [4.78, 5) is 27.0. The molecule has 2 aromatic rings. The van der Waals surface area contributed by atoms with E-state index in [1.807, 2.05) is 0 Å². The van der Waals surface area contributed by atoms with Crippen LogP contribution in [-0.4, -0.2) is 27.5 Å². The summed E-state index contributed by atoms with van der Waals surface area (Å²) < 4.78 is 5.21. The van der Waals surface area contributed by atoms with E-state index in [1.165, 1.54) is 6.26 Å². The number of carboxylic acid groups (broad SMARTS) is 1. The Hall–Kier alpha value is -2.90. The van der Waals surface area contributed by atoms with Crippen LogP contribution in [0.1, 0.15) is 23.2 Å². The van der Waals surface area contributed by atoms with E-state index in [4.69, 9.17) is 9.52 Å². The lowest BCUT2D eigenvalue weighted by molar-refractivity contribution is -0.384. The molecule has 0 saturated heterocycles. The molecule has 0 atom stereocenters. The number of rotatable bonds is 6. The largest absolute Gasteiger partial charge is 0.477 e. The number of carbonyl (C=O) groups is 1. The molecule has 0 aliphatic carbocycles. The zero-order valence-corrected chi connectivity index (χ0v) is 11.2. The van der Waals surface area contributed by atoms with Gasteiger partial charge in [0.15, 0.2) is 5.69 Å². The number of anilines is 1. The molecule has 0 aliphatic heterocycles. The highest BCUT2D eigenvalue weighted by Crippen LogP contribution is 2.27. The van der Waals surface area contributed by atoms with Gasteiger partial charge in [0, 0.05) is 12.6 Å². The van der Waals surface area contributed by atoms with Crippen LogP contribution in [-0.2, 0) is 6.54 Å². The lowest BCUT2D eigenvalue weighted by Crippen LogP contribution is -2.24. The molecule has 0 amide bonds. The van der Waals surface area contributed by atoms with E-state index in [0.29, 0.717) is 12.3 Å². The molecule has 110 valence electrons. The van der Waals surface area contributed by atoms with E-state index in [1.54, 1.807) is 24.0 Å². The number of nitro groups is 1. The molecule has 8 heteroatoms. The molecule has 21 heavy (non-hydrogen) atoms. The number of hydrogen-bond acceptors (Lipinski definition) is 6. The zero-order chi connectivity index (χ0) is 15.4. The van der Waals surface area contributed by atoms with Gasteiger partial charge in [-0.25, -0.2) is 9.78 Å². The van der Waals surface area contributed by atoms with Crippen LogP contribution in [0.4, 0.5) is 11.5 Å². The Balaban J connectivity index is 2.44. The van der Waals surface area contributed by atoms with Gasteiger partial charge >= 0.3 is 11.7 Å². The van der Waals surface area contributed by atoms with Crippen LogP contribution in [0.25, 0.3) is 0 Å². The fourth-order valence-electron chi connectivity index (χ4n) is 1.86. The second-order valence-corrected chi connectivity index (χ2v) is 4.20. The molecule has 0 aliphatic rings. The Bertz CT molecular complexity index is 654. The first-order valence-electron chi connectivity index (χ1n) is 6.19. The number of hydrogen-bond donors (Lipinski definition) is 1. The fraction of sp³-hybridized carbons (Fsp3) is 0.231. The predicted molar refractivity (Wildman–Crippen MR) is 73.3 cm³/mol. The van der Waals surface area contributed by atoms with Crippen molar-refractivity contribution in [3.8, 4) is 0 Å². The molecule has 0 fully saturated rings. The van der Waals surface area contributed by atoms with E-state index in [9.17, 15) is 14.9 Å². The average Bonchev–Trinajstić information content (AvgIpc) is 2.96. The predicted octanol–water partition coefficient (Wildman–Crippen LogP) is 2.31. The van der Waals surface area contributed by atoms with Gasteiger partial charge in [-0.2, -0.15) is 0 Å². The number of aromatic nitrogens is 1. The van der Waals surface area contributed by atoms with Crippen molar-refractivity contribution in [3.05, 3.63) is 52.1 Å². The van der Waals surface area contributed by atoms with Gasteiger partial charge in [0.2, 0.25) is 5.82 Å². The van der Waals surface area contributed by atoms with Gasteiger partial charge in [0.25, 0.3) is 0 Å². The van der Waals surface area contributed by atoms with Gasteiger partial charge in [-0.05, 0) is 25.1 Å². The second kappa shape index (κ2) is 6.04. The lowest BCUT2D eigenvalue weighted by atomic mass is 10.3. The van der Waals surface area contributed by atoms with Crippen molar-refractivity contribution < 1.29 is 19.2 Å². The Labute approximate surface area is 119 Å². The fourth-order valence-corrected chi connectivity index (χ4v) is 1.86. The summed E-state index contributed by atoms with van der Waals surface area (Å²) in [6.45, 7) is 2.47. The van der Waals surface area contributed by atoms with Crippen molar-refractivity contribution in [1.29, 1.82) is 0 Å². The third-order valence-electron chi connectivity index (χ3n) is 2.88. The first kappa shape index (κ1) is 14.5. The summed E-state index contributed by atoms with van der Waals surface area (Å²) in [5, 5.41) is 20.1. The van der Waals surface area contributed by atoms with Crippen molar-refractivity contribution in [3.63, 3.8) is 0 Å². The summed E-state index contributed by atoms with van der Waals surface area (Å²) in [5.74, 6) is -0.618. The van der Waals surface area contributed by atoms with Crippen LogP contribution < -0.4 is 4.90 Å². The SMILES string of the molecule is CCN(Cc1ccco1)c1nc(C(=O)O)ccc1[N+](=O)[O-]. The molecule has 2 rings (SSSR count). The molecule has 0 saturated carbocycles. The van der Waals surface area contributed by atoms with Crippen LogP contribution in [0.2, 0.25) is 0 Å². The minimum atomic E-state index is -1.24. The van der Waals surface area contributed by atoms with Crippen LogP contribution >= 0.6 is 0 Å². The Kier molecular flexibility index (Phi) is 4.17. The smallest absolute Gasteiger partial charge is 0.354 e. The van der Waals surface area contributed by atoms with Gasteiger partial charge in [-0.1, -0.05) is 0 Å². The van der Waals surface area contributed by atoms with Gasteiger partial charge in [-0.3, -0.25) is 10.1 Å². The van der Waals surface area contributed by atoms with Crippen LogP contribution in [0.15, 0.2) is 34.9 Å². The molecule has 0 unspecified atom stereocenters. The Morgan fingerprint density at radius 3 is 2.76 bits per heavy atom. The minimum absolute atomic E-state index is 0.0128. The van der Waals surface area contributed by atoms with Crippen molar-refractivity contribution in [2.75, 3.05) is 11.4 Å². The average molecular weight is 291 g/mol. The third kappa shape index (κ3) is 3.16. The zero-order valence-electron chi connectivity index (χ0n) is 11.2. The number of aromatic carboxylic acids is 1. The van der Waals surface area contributed by atoms with Crippen molar-refractivity contribution in [1.82, 2.24) is 4.98 Å². The maximum absolute atomic E-state index is 11.1. The first-order chi connectivity index (χ1) is 10.0. The maximum atomic E-state index is 11.1. The van der Waals surface area contributed by atoms with E-state index in [2.05, 4.69) is 4.98 Å². The number of nitrogens with zero attached hydrogens (tertiary/aromatic N) is 3. The second-order valence-electron chi connectivity index (χ2n) is 4.20. The van der Waals surface area contributed by atoms with E-state index < -0.39 is 10.9 Å². The molecule has 0 radical (unpaired) electrons. The van der Waals surface area contributed by atoms with Crippen LogP contribution in [0.5, 0.6) is 0 Å². The van der Waals surface area contributed by atoms with Crippen LogP contribution in [0, 0.1) is 10.1 Å². The minimum Gasteiger partial charge on any atom is -0.477 e. The topological polar surface area (TPSA) is 110 Å². The molecule has 0 aromatic carbocycles. The summed E-state index contributed by atoms with van der Waals surface area (Å²) in [5.41, 5.74) is -0.484. The Morgan fingerprint density at radius 2 is 2.24 bits per heavy atom. The molecule has 2 aromatic heterocycles. The quantitative estimate of drug-likeness (QED) is 0.642. The number of carboxylic acids is 1. The number of pyridine rings is 1. The lowest BCUT2D eigenvalue weighted by Gasteiger charge is -2.20. The van der Waals surface area contributed by atoms with Gasteiger partial charge in [0.1, 0.15) is 5.76 Å². The van der Waals surface area contributed by atoms with Crippen molar-refractivity contribution >= 4 is 17.5 Å². The monoisotopic (exact) mass is 291 g/mol. The third-order valence-corrected chi connectivity index (χ3v) is 2.88. The normalized spacial score (nSPS) is 10.3. The molecular formula is C13H13N3O5.